The summed E-state index contributed by atoms with van der Waals surface area (Å²) in [7, 11) is 1.78. The summed E-state index contributed by atoms with van der Waals surface area (Å²) in [6, 6.07) is 3.68. The molecular weight excluding hydrogens is 296 g/mol. The number of carbonyl (C=O) groups is 1. The van der Waals surface area contributed by atoms with E-state index >= 15 is 0 Å². The molecule has 5 nitrogen and oxygen atoms in total. The van der Waals surface area contributed by atoms with E-state index in [0.29, 0.717) is 21.4 Å². The molecule has 0 saturated heterocycles. The van der Waals surface area contributed by atoms with Crippen molar-refractivity contribution in [3.8, 4) is 0 Å². The largest absolute Gasteiger partial charge is 0.345 e. The minimum atomic E-state index is -0.0748. The maximum Gasteiger partial charge on any atom is 0.199 e. The van der Waals surface area contributed by atoms with Gasteiger partial charge in [0.25, 0.3) is 0 Å². The fourth-order valence-corrected chi connectivity index (χ4v) is 2.44. The predicted molar refractivity (Wildman–Crippen MR) is 70.4 cm³/mol. The lowest BCUT2D eigenvalue weighted by atomic mass is 10.1. The molecule has 0 aliphatic heterocycles. The Morgan fingerprint density at radius 2 is 2.28 bits per heavy atom. The maximum absolute atomic E-state index is 12.4. The highest BCUT2D eigenvalue weighted by Crippen LogP contribution is 2.22. The SMILES string of the molecule is Cn1cc(C(=O)c2c[nH]c3ncccc23)c(Br)n1. The third-order valence-electron chi connectivity index (χ3n) is 2.72. The Kier molecular flexibility index (Phi) is 2.52. The van der Waals surface area contributed by atoms with Crippen molar-refractivity contribution in [1.82, 2.24) is 19.7 Å². The number of aromatic amines is 1. The highest BCUT2D eigenvalue weighted by atomic mass is 79.9. The molecule has 0 fully saturated rings. The van der Waals surface area contributed by atoms with Crippen LogP contribution >= 0.6 is 15.9 Å². The summed E-state index contributed by atoms with van der Waals surface area (Å²) in [6.45, 7) is 0. The van der Waals surface area contributed by atoms with Crippen molar-refractivity contribution in [2.24, 2.45) is 7.05 Å². The van der Waals surface area contributed by atoms with Crippen molar-refractivity contribution in [1.29, 1.82) is 0 Å². The number of fused-ring (bicyclic) bond motifs is 1. The zero-order valence-corrected chi connectivity index (χ0v) is 11.1. The summed E-state index contributed by atoms with van der Waals surface area (Å²) in [5.74, 6) is -0.0748. The molecule has 3 aromatic rings. The van der Waals surface area contributed by atoms with Gasteiger partial charge in [0.05, 0.1) is 5.56 Å². The third-order valence-corrected chi connectivity index (χ3v) is 3.31. The zero-order valence-electron chi connectivity index (χ0n) is 9.51. The normalized spacial score (nSPS) is 11.0. The van der Waals surface area contributed by atoms with E-state index in [1.165, 1.54) is 0 Å². The Morgan fingerprint density at radius 3 is 3.00 bits per heavy atom. The van der Waals surface area contributed by atoms with Crippen molar-refractivity contribution < 1.29 is 4.79 Å². The number of aryl methyl sites for hydroxylation is 1. The van der Waals surface area contributed by atoms with Crippen LogP contribution in [0.25, 0.3) is 11.0 Å². The maximum atomic E-state index is 12.4. The molecule has 0 bridgehead atoms. The highest BCUT2D eigenvalue weighted by molar-refractivity contribution is 9.10. The van der Waals surface area contributed by atoms with Crippen LogP contribution in [-0.2, 0) is 7.05 Å². The van der Waals surface area contributed by atoms with E-state index in [9.17, 15) is 4.79 Å². The molecular formula is C12H9BrN4O. The molecule has 0 saturated carbocycles. The average molecular weight is 305 g/mol. The number of pyridine rings is 1. The molecule has 0 unspecified atom stereocenters. The molecule has 0 spiro atoms. The fourth-order valence-electron chi connectivity index (χ4n) is 1.90. The lowest BCUT2D eigenvalue weighted by Gasteiger charge is -1.96. The highest BCUT2D eigenvalue weighted by Gasteiger charge is 2.19. The van der Waals surface area contributed by atoms with Gasteiger partial charge in [0, 0.05) is 36.6 Å². The average Bonchev–Trinajstić information content (AvgIpc) is 2.92. The van der Waals surface area contributed by atoms with E-state index in [0.717, 1.165) is 5.39 Å². The molecule has 90 valence electrons. The molecule has 0 aliphatic rings. The van der Waals surface area contributed by atoms with Gasteiger partial charge in [-0.2, -0.15) is 5.10 Å². The van der Waals surface area contributed by atoms with Crippen LogP contribution in [0.1, 0.15) is 15.9 Å². The minimum Gasteiger partial charge on any atom is -0.345 e. The Bertz CT molecular complexity index is 743. The number of hydrogen-bond donors (Lipinski definition) is 1. The lowest BCUT2D eigenvalue weighted by Crippen LogP contribution is -1.99. The quantitative estimate of drug-likeness (QED) is 0.739. The van der Waals surface area contributed by atoms with Crippen molar-refractivity contribution in [2.75, 3.05) is 0 Å². The van der Waals surface area contributed by atoms with Gasteiger partial charge in [-0.15, -0.1) is 0 Å². The number of halogens is 1. The Labute approximate surface area is 111 Å². The third kappa shape index (κ3) is 1.65. The summed E-state index contributed by atoms with van der Waals surface area (Å²) in [5.41, 5.74) is 1.86. The van der Waals surface area contributed by atoms with Gasteiger partial charge < -0.3 is 4.98 Å². The summed E-state index contributed by atoms with van der Waals surface area (Å²) in [5, 5.41) is 4.93. The molecule has 1 N–H and O–H groups in total. The van der Waals surface area contributed by atoms with Gasteiger partial charge >= 0.3 is 0 Å². The van der Waals surface area contributed by atoms with E-state index in [-0.39, 0.29) is 5.78 Å². The standard InChI is InChI=1S/C12H9BrN4O/c1-17-6-9(11(13)16-17)10(18)8-5-15-12-7(8)3-2-4-14-12/h2-6H,1H3,(H,14,15). The van der Waals surface area contributed by atoms with Crippen LogP contribution in [0.15, 0.2) is 35.3 Å². The number of ketones is 1. The first-order valence-corrected chi connectivity index (χ1v) is 6.12. The van der Waals surface area contributed by atoms with Crippen molar-refractivity contribution >= 4 is 32.7 Å². The van der Waals surface area contributed by atoms with Crippen molar-refractivity contribution in [3.63, 3.8) is 0 Å². The molecule has 0 radical (unpaired) electrons. The second-order valence-electron chi connectivity index (χ2n) is 3.94. The van der Waals surface area contributed by atoms with E-state index in [4.69, 9.17) is 0 Å². The summed E-state index contributed by atoms with van der Waals surface area (Å²) in [4.78, 5) is 19.6. The van der Waals surface area contributed by atoms with Gasteiger partial charge in [-0.05, 0) is 28.1 Å². The van der Waals surface area contributed by atoms with E-state index in [1.54, 1.807) is 30.3 Å². The molecule has 0 atom stereocenters. The molecule has 0 aliphatic carbocycles. The van der Waals surface area contributed by atoms with Gasteiger partial charge in [-0.25, -0.2) is 4.98 Å². The predicted octanol–water partition coefficient (Wildman–Crippen LogP) is 2.29. The smallest absolute Gasteiger partial charge is 0.199 e. The first-order valence-electron chi connectivity index (χ1n) is 5.33. The number of nitrogens with zero attached hydrogens (tertiary/aromatic N) is 3. The van der Waals surface area contributed by atoms with Crippen LogP contribution in [0.2, 0.25) is 0 Å². The molecule has 18 heavy (non-hydrogen) atoms. The second kappa shape index (κ2) is 4.06. The second-order valence-corrected chi connectivity index (χ2v) is 4.69. The van der Waals surface area contributed by atoms with Crippen LogP contribution in [0.5, 0.6) is 0 Å². The Hall–Kier alpha value is -1.95. The summed E-state index contributed by atoms with van der Waals surface area (Å²) < 4.78 is 2.15. The molecule has 0 aromatic carbocycles. The number of aromatic nitrogens is 4. The molecule has 3 aromatic heterocycles. The van der Waals surface area contributed by atoms with Crippen LogP contribution in [0.4, 0.5) is 0 Å². The van der Waals surface area contributed by atoms with Gasteiger partial charge in [0.1, 0.15) is 10.3 Å². The molecule has 0 amide bonds. The number of H-pyrrole nitrogens is 1. The summed E-state index contributed by atoms with van der Waals surface area (Å²) in [6.07, 6.45) is 5.06. The van der Waals surface area contributed by atoms with Crippen LogP contribution in [0, 0.1) is 0 Å². The van der Waals surface area contributed by atoms with Crippen LogP contribution in [-0.4, -0.2) is 25.5 Å². The van der Waals surface area contributed by atoms with Gasteiger partial charge in [0.2, 0.25) is 0 Å². The lowest BCUT2D eigenvalue weighted by molar-refractivity contribution is 0.103. The summed E-state index contributed by atoms with van der Waals surface area (Å²) >= 11 is 3.29. The van der Waals surface area contributed by atoms with E-state index in [1.807, 2.05) is 12.1 Å². The number of hydrogen-bond acceptors (Lipinski definition) is 3. The Morgan fingerprint density at radius 1 is 1.44 bits per heavy atom. The topological polar surface area (TPSA) is 63.6 Å². The van der Waals surface area contributed by atoms with E-state index in [2.05, 4.69) is 31.0 Å². The first-order chi connectivity index (χ1) is 8.66. The van der Waals surface area contributed by atoms with E-state index < -0.39 is 0 Å². The van der Waals surface area contributed by atoms with Crippen LogP contribution in [0.3, 0.4) is 0 Å². The monoisotopic (exact) mass is 304 g/mol. The first kappa shape index (κ1) is 11.2. The molecule has 3 rings (SSSR count). The van der Waals surface area contributed by atoms with Gasteiger partial charge in [-0.1, -0.05) is 0 Å². The fraction of sp³-hybridized carbons (Fsp3) is 0.0833. The number of carbonyl (C=O) groups excluding carboxylic acids is 1. The minimum absolute atomic E-state index is 0.0748. The number of rotatable bonds is 2. The van der Waals surface area contributed by atoms with Gasteiger partial charge in [0.15, 0.2) is 5.78 Å². The molecule has 3 heterocycles. The Balaban J connectivity index is 2.15. The number of nitrogens with one attached hydrogen (secondary N) is 1. The van der Waals surface area contributed by atoms with Crippen LogP contribution < -0.4 is 0 Å². The van der Waals surface area contributed by atoms with Crippen molar-refractivity contribution in [3.05, 3.63) is 46.5 Å². The molecule has 6 heteroatoms. The van der Waals surface area contributed by atoms with Gasteiger partial charge in [-0.3, -0.25) is 9.48 Å². The van der Waals surface area contributed by atoms with Crippen molar-refractivity contribution in [2.45, 2.75) is 0 Å². The zero-order chi connectivity index (χ0) is 12.7.